The summed E-state index contributed by atoms with van der Waals surface area (Å²) in [5.74, 6) is 1.03. The van der Waals surface area contributed by atoms with Gasteiger partial charge in [-0.1, -0.05) is 24.3 Å². The van der Waals surface area contributed by atoms with Crippen LogP contribution in [0.5, 0.6) is 11.5 Å². The minimum absolute atomic E-state index is 0.00283. The number of alkyl halides is 3. The number of para-hydroxylation sites is 1. The van der Waals surface area contributed by atoms with Gasteiger partial charge in [-0.2, -0.15) is 13.2 Å². The van der Waals surface area contributed by atoms with Gasteiger partial charge in [0.2, 0.25) is 0 Å². The average Bonchev–Trinajstić information content (AvgIpc) is 3.26. The van der Waals surface area contributed by atoms with Crippen molar-refractivity contribution in [2.45, 2.75) is 12.6 Å². The molecule has 2 aliphatic rings. The van der Waals surface area contributed by atoms with Gasteiger partial charge in [0.05, 0.1) is 19.3 Å². The van der Waals surface area contributed by atoms with E-state index in [0.29, 0.717) is 49.9 Å². The Labute approximate surface area is 224 Å². The first-order valence-corrected chi connectivity index (χ1v) is 12.8. The second-order valence-corrected chi connectivity index (χ2v) is 9.37. The van der Waals surface area contributed by atoms with E-state index in [9.17, 15) is 18.0 Å². The lowest BCUT2D eigenvalue weighted by Gasteiger charge is -2.36. The minimum atomic E-state index is -4.43. The number of carbonyl (C=O) groups is 1. The summed E-state index contributed by atoms with van der Waals surface area (Å²) < 4.78 is 51.5. The first-order valence-electron chi connectivity index (χ1n) is 12.8. The van der Waals surface area contributed by atoms with Crippen LogP contribution in [-0.2, 0) is 11.0 Å². The zero-order valence-electron chi connectivity index (χ0n) is 21.5. The number of benzene rings is 2. The number of fused-ring (bicyclic) bond motifs is 1. The number of carbonyl (C=O) groups excluding carboxylic acids is 1. The number of aromatic nitrogens is 1. The van der Waals surface area contributed by atoms with Gasteiger partial charge >= 0.3 is 6.18 Å². The standard InChI is InChI=1S/C29H29F3N4O3/c1-38-26-19-20(18-22-21-6-2-3-8-24(21)34-28(22)37)9-10-25(26)39-17-5-12-35-13-15-36(16-14-35)27-23(29(30,31)32)7-4-11-33-27/h2-4,6-11,18-19H,5,12-17H2,1H3,(H,34,37)/b22-18-. The number of anilines is 2. The van der Waals surface area contributed by atoms with Crippen LogP contribution in [0.4, 0.5) is 24.7 Å². The van der Waals surface area contributed by atoms with E-state index in [1.165, 1.54) is 12.3 Å². The SMILES string of the molecule is COc1cc(/C=C2\C(=O)Nc3ccccc32)ccc1OCCCN1CCN(c2ncccc2C(F)(F)F)CC1. The molecule has 2 aromatic carbocycles. The molecule has 1 amide bonds. The fourth-order valence-electron chi connectivity index (χ4n) is 4.87. The number of hydrogen-bond donors (Lipinski definition) is 1. The highest BCUT2D eigenvalue weighted by Gasteiger charge is 2.36. The van der Waals surface area contributed by atoms with Crippen LogP contribution >= 0.6 is 0 Å². The molecule has 0 unspecified atom stereocenters. The van der Waals surface area contributed by atoms with Crippen LogP contribution in [0.2, 0.25) is 0 Å². The Kier molecular flexibility index (Phi) is 7.74. The fraction of sp³-hybridized carbons (Fsp3) is 0.310. The summed E-state index contributed by atoms with van der Waals surface area (Å²) in [6.07, 6.45) is -0.444. The van der Waals surface area contributed by atoms with Crippen LogP contribution in [0.3, 0.4) is 0 Å². The predicted molar refractivity (Wildman–Crippen MR) is 144 cm³/mol. The van der Waals surface area contributed by atoms with Crippen molar-refractivity contribution in [1.82, 2.24) is 9.88 Å². The lowest BCUT2D eigenvalue weighted by atomic mass is 10.0. The smallest absolute Gasteiger partial charge is 0.419 e. The number of halogens is 3. The van der Waals surface area contributed by atoms with Crippen LogP contribution in [-0.4, -0.2) is 62.2 Å². The Hall–Kier alpha value is -4.05. The number of piperazine rings is 1. The zero-order valence-corrected chi connectivity index (χ0v) is 21.5. The molecular formula is C29H29F3N4O3. The summed E-state index contributed by atoms with van der Waals surface area (Å²) >= 11 is 0. The quantitative estimate of drug-likeness (QED) is 0.315. The topological polar surface area (TPSA) is 66.9 Å². The molecule has 0 spiro atoms. The summed E-state index contributed by atoms with van der Waals surface area (Å²) in [5.41, 5.74) is 2.38. The molecule has 204 valence electrons. The molecule has 2 aliphatic heterocycles. The van der Waals surface area contributed by atoms with E-state index in [2.05, 4.69) is 15.2 Å². The number of hydrogen-bond acceptors (Lipinski definition) is 6. The van der Waals surface area contributed by atoms with Crippen molar-refractivity contribution >= 4 is 29.1 Å². The molecule has 39 heavy (non-hydrogen) atoms. The molecule has 3 aromatic rings. The van der Waals surface area contributed by atoms with Crippen LogP contribution < -0.4 is 19.7 Å². The summed E-state index contributed by atoms with van der Waals surface area (Å²) in [4.78, 5) is 20.3. The zero-order chi connectivity index (χ0) is 27.4. The second-order valence-electron chi connectivity index (χ2n) is 9.37. The maximum absolute atomic E-state index is 13.3. The van der Waals surface area contributed by atoms with Crippen molar-refractivity contribution in [3.63, 3.8) is 0 Å². The van der Waals surface area contributed by atoms with Crippen LogP contribution in [0.1, 0.15) is 23.1 Å². The molecule has 0 radical (unpaired) electrons. The molecule has 0 bridgehead atoms. The first kappa shape index (κ1) is 26.6. The Morgan fingerprint density at radius 3 is 2.59 bits per heavy atom. The largest absolute Gasteiger partial charge is 0.493 e. The van der Waals surface area contributed by atoms with Gasteiger partial charge < -0.3 is 19.7 Å². The Morgan fingerprint density at radius 1 is 1.03 bits per heavy atom. The highest BCUT2D eigenvalue weighted by molar-refractivity contribution is 6.34. The van der Waals surface area contributed by atoms with E-state index in [0.717, 1.165) is 35.8 Å². The molecule has 5 rings (SSSR count). The molecule has 7 nitrogen and oxygen atoms in total. The maximum atomic E-state index is 13.3. The van der Waals surface area contributed by atoms with Crippen molar-refractivity contribution in [1.29, 1.82) is 0 Å². The monoisotopic (exact) mass is 538 g/mol. The highest BCUT2D eigenvalue weighted by Crippen LogP contribution is 2.36. The number of nitrogens with zero attached hydrogens (tertiary/aromatic N) is 3. The number of methoxy groups -OCH3 is 1. The lowest BCUT2D eigenvalue weighted by Crippen LogP contribution is -2.47. The maximum Gasteiger partial charge on any atom is 0.419 e. The summed E-state index contributed by atoms with van der Waals surface area (Å²) in [6.45, 7) is 3.49. The number of nitrogens with one attached hydrogen (secondary N) is 1. The Bertz CT molecular complexity index is 1370. The van der Waals surface area contributed by atoms with Crippen LogP contribution in [0, 0.1) is 0 Å². The third kappa shape index (κ3) is 6.01. The van der Waals surface area contributed by atoms with Crippen LogP contribution in [0.15, 0.2) is 60.8 Å². The third-order valence-corrected chi connectivity index (χ3v) is 6.85. The fourth-order valence-corrected chi connectivity index (χ4v) is 4.87. The van der Waals surface area contributed by atoms with Gasteiger partial charge in [0.15, 0.2) is 11.5 Å². The lowest BCUT2D eigenvalue weighted by molar-refractivity contribution is -0.137. The highest BCUT2D eigenvalue weighted by atomic mass is 19.4. The second kappa shape index (κ2) is 11.4. The van der Waals surface area contributed by atoms with Gasteiger partial charge in [-0.15, -0.1) is 0 Å². The normalized spacial score (nSPS) is 16.8. The molecule has 1 N–H and O–H groups in total. The van der Waals surface area contributed by atoms with E-state index >= 15 is 0 Å². The molecular weight excluding hydrogens is 509 g/mol. The third-order valence-electron chi connectivity index (χ3n) is 6.85. The molecule has 1 saturated heterocycles. The molecule has 1 fully saturated rings. The molecule has 0 aliphatic carbocycles. The van der Waals surface area contributed by atoms with Gasteiger partial charge in [0.1, 0.15) is 5.82 Å². The van der Waals surface area contributed by atoms with Crippen molar-refractivity contribution in [2.75, 3.05) is 56.7 Å². The van der Waals surface area contributed by atoms with Gasteiger partial charge in [-0.05, 0) is 48.4 Å². The molecule has 3 heterocycles. The summed E-state index contributed by atoms with van der Waals surface area (Å²) in [6, 6.07) is 15.5. The number of ether oxygens (including phenoxy) is 2. The molecule has 0 atom stereocenters. The van der Waals surface area contributed by atoms with E-state index in [4.69, 9.17) is 9.47 Å². The first-order chi connectivity index (χ1) is 18.8. The summed E-state index contributed by atoms with van der Waals surface area (Å²) in [7, 11) is 1.57. The van der Waals surface area contributed by atoms with Gasteiger partial charge in [-0.25, -0.2) is 4.98 Å². The Morgan fingerprint density at radius 2 is 1.82 bits per heavy atom. The van der Waals surface area contributed by atoms with Crippen molar-refractivity contribution in [2.24, 2.45) is 0 Å². The van der Waals surface area contributed by atoms with E-state index in [-0.39, 0.29) is 11.7 Å². The molecule has 1 aromatic heterocycles. The van der Waals surface area contributed by atoms with E-state index in [1.807, 2.05) is 48.5 Å². The number of amides is 1. The molecule has 10 heteroatoms. The van der Waals surface area contributed by atoms with Crippen molar-refractivity contribution < 1.29 is 27.4 Å². The Balaban J connectivity index is 1.13. The van der Waals surface area contributed by atoms with Crippen molar-refractivity contribution in [3.05, 3.63) is 77.5 Å². The average molecular weight is 539 g/mol. The molecule has 0 saturated carbocycles. The number of pyridine rings is 1. The van der Waals surface area contributed by atoms with E-state index in [1.54, 1.807) is 12.0 Å². The van der Waals surface area contributed by atoms with Gasteiger partial charge in [-0.3, -0.25) is 9.69 Å². The minimum Gasteiger partial charge on any atom is -0.493 e. The van der Waals surface area contributed by atoms with Crippen molar-refractivity contribution in [3.8, 4) is 11.5 Å². The van der Waals surface area contributed by atoms with Crippen LogP contribution in [0.25, 0.3) is 11.6 Å². The summed E-state index contributed by atoms with van der Waals surface area (Å²) in [5, 5.41) is 2.87. The van der Waals surface area contributed by atoms with Gasteiger partial charge in [0, 0.05) is 55.7 Å². The van der Waals surface area contributed by atoms with Gasteiger partial charge in [0.25, 0.3) is 5.91 Å². The predicted octanol–water partition coefficient (Wildman–Crippen LogP) is 5.19. The van der Waals surface area contributed by atoms with E-state index < -0.39 is 11.7 Å². The number of rotatable bonds is 8.